The zero-order valence-electron chi connectivity index (χ0n) is 10.6. The monoisotopic (exact) mass is 209 g/mol. The molecule has 0 atom stereocenters. The minimum absolute atomic E-state index is 0.444. The van der Waals surface area contributed by atoms with Crippen molar-refractivity contribution in [3.05, 3.63) is 11.8 Å². The van der Waals surface area contributed by atoms with E-state index in [-0.39, 0.29) is 0 Å². The van der Waals surface area contributed by atoms with Gasteiger partial charge in [-0.3, -0.25) is 4.68 Å². The molecule has 1 aromatic rings. The van der Waals surface area contributed by atoms with Crippen LogP contribution in [0.4, 0.5) is 5.82 Å². The van der Waals surface area contributed by atoms with Crippen molar-refractivity contribution in [1.29, 1.82) is 0 Å². The third-order valence-electron chi connectivity index (χ3n) is 2.76. The number of aromatic nitrogens is 2. The summed E-state index contributed by atoms with van der Waals surface area (Å²) < 4.78 is 2.06. The molecule has 1 rings (SSSR count). The van der Waals surface area contributed by atoms with Crippen LogP contribution in [0, 0.1) is 0 Å². The van der Waals surface area contributed by atoms with Crippen LogP contribution in [0.3, 0.4) is 0 Å². The number of aryl methyl sites for hydroxylation is 1. The molecule has 86 valence electrons. The molecular weight excluding hydrogens is 186 g/mol. The van der Waals surface area contributed by atoms with Crippen LogP contribution >= 0.6 is 0 Å². The van der Waals surface area contributed by atoms with E-state index in [1.54, 1.807) is 0 Å². The molecule has 0 N–H and O–H groups in total. The number of rotatable bonds is 5. The highest BCUT2D eigenvalue weighted by Crippen LogP contribution is 2.20. The Morgan fingerprint density at radius 1 is 1.27 bits per heavy atom. The highest BCUT2D eigenvalue weighted by atomic mass is 15.4. The minimum Gasteiger partial charge on any atom is -0.355 e. The Morgan fingerprint density at radius 2 is 1.87 bits per heavy atom. The average molecular weight is 209 g/mol. The SMILES string of the molecule is CCc1cn(C(C)C)nc1N(CC)CC. The molecule has 3 heteroatoms. The first-order valence-electron chi connectivity index (χ1n) is 5.96. The zero-order valence-corrected chi connectivity index (χ0v) is 10.6. The molecule has 0 amide bonds. The maximum atomic E-state index is 4.67. The first-order valence-corrected chi connectivity index (χ1v) is 5.96. The van der Waals surface area contributed by atoms with Gasteiger partial charge in [0.2, 0.25) is 0 Å². The molecule has 0 spiro atoms. The van der Waals surface area contributed by atoms with Gasteiger partial charge in [0.05, 0.1) is 0 Å². The van der Waals surface area contributed by atoms with Crippen LogP contribution in [0.15, 0.2) is 6.20 Å². The lowest BCUT2D eigenvalue weighted by Crippen LogP contribution is -2.23. The van der Waals surface area contributed by atoms with E-state index in [0.717, 1.165) is 25.3 Å². The summed E-state index contributed by atoms with van der Waals surface area (Å²) in [5.74, 6) is 1.16. The highest BCUT2D eigenvalue weighted by molar-refractivity contribution is 5.45. The van der Waals surface area contributed by atoms with Crippen molar-refractivity contribution >= 4 is 5.82 Å². The number of nitrogens with zero attached hydrogens (tertiary/aromatic N) is 3. The molecule has 0 fully saturated rings. The molecule has 0 saturated carbocycles. The Bertz CT molecular complexity index is 298. The Morgan fingerprint density at radius 3 is 2.27 bits per heavy atom. The van der Waals surface area contributed by atoms with Gasteiger partial charge in [0, 0.05) is 30.9 Å². The van der Waals surface area contributed by atoms with Crippen LogP contribution < -0.4 is 4.90 Å². The van der Waals surface area contributed by atoms with Crippen LogP contribution in [0.1, 0.15) is 46.2 Å². The molecule has 0 radical (unpaired) electrons. The number of hydrogen-bond donors (Lipinski definition) is 0. The van der Waals surface area contributed by atoms with Crippen LogP contribution in [-0.2, 0) is 6.42 Å². The van der Waals surface area contributed by atoms with E-state index in [1.807, 2.05) is 0 Å². The lowest BCUT2D eigenvalue weighted by molar-refractivity contribution is 0.530. The third kappa shape index (κ3) is 2.52. The largest absolute Gasteiger partial charge is 0.355 e. The predicted molar refractivity (Wildman–Crippen MR) is 65.6 cm³/mol. The van der Waals surface area contributed by atoms with E-state index in [2.05, 4.69) is 55.5 Å². The quantitative estimate of drug-likeness (QED) is 0.743. The van der Waals surface area contributed by atoms with Crippen molar-refractivity contribution in [2.45, 2.75) is 47.1 Å². The van der Waals surface area contributed by atoms with Gasteiger partial charge < -0.3 is 4.90 Å². The topological polar surface area (TPSA) is 21.1 Å². The highest BCUT2D eigenvalue weighted by Gasteiger charge is 2.13. The van der Waals surface area contributed by atoms with Gasteiger partial charge in [0.15, 0.2) is 5.82 Å². The Hall–Kier alpha value is -0.990. The van der Waals surface area contributed by atoms with E-state index in [0.29, 0.717) is 6.04 Å². The van der Waals surface area contributed by atoms with E-state index in [9.17, 15) is 0 Å². The van der Waals surface area contributed by atoms with Crippen molar-refractivity contribution in [3.8, 4) is 0 Å². The average Bonchev–Trinajstić information content (AvgIpc) is 2.64. The molecule has 1 heterocycles. The second kappa shape index (κ2) is 5.19. The molecule has 0 unspecified atom stereocenters. The summed E-state index contributed by atoms with van der Waals surface area (Å²) in [6, 6.07) is 0.444. The van der Waals surface area contributed by atoms with Gasteiger partial charge in [-0.25, -0.2) is 0 Å². The fourth-order valence-corrected chi connectivity index (χ4v) is 1.72. The second-order valence-electron chi connectivity index (χ2n) is 4.08. The third-order valence-corrected chi connectivity index (χ3v) is 2.76. The lowest BCUT2D eigenvalue weighted by atomic mass is 10.2. The zero-order chi connectivity index (χ0) is 11.4. The summed E-state index contributed by atoms with van der Waals surface area (Å²) in [6.45, 7) is 12.9. The summed E-state index contributed by atoms with van der Waals surface area (Å²) in [5.41, 5.74) is 1.35. The van der Waals surface area contributed by atoms with Crippen molar-refractivity contribution in [3.63, 3.8) is 0 Å². The van der Waals surface area contributed by atoms with Gasteiger partial charge >= 0.3 is 0 Å². The molecule has 0 saturated heterocycles. The van der Waals surface area contributed by atoms with Crippen molar-refractivity contribution in [1.82, 2.24) is 9.78 Å². The van der Waals surface area contributed by atoms with Gasteiger partial charge in [-0.05, 0) is 34.1 Å². The Labute approximate surface area is 93.1 Å². The molecule has 0 bridgehead atoms. The first kappa shape index (κ1) is 12.1. The minimum atomic E-state index is 0.444. The number of anilines is 1. The van der Waals surface area contributed by atoms with E-state index >= 15 is 0 Å². The Kier molecular flexibility index (Phi) is 4.18. The maximum Gasteiger partial charge on any atom is 0.153 e. The maximum absolute atomic E-state index is 4.67. The van der Waals surface area contributed by atoms with Crippen molar-refractivity contribution in [2.75, 3.05) is 18.0 Å². The standard InChI is InChI=1S/C12H23N3/c1-6-11-9-15(10(4)5)13-12(11)14(7-2)8-3/h9-10H,6-8H2,1-5H3. The van der Waals surface area contributed by atoms with Gasteiger partial charge in [0.25, 0.3) is 0 Å². The summed E-state index contributed by atoms with van der Waals surface area (Å²) in [5, 5.41) is 4.67. The molecular formula is C12H23N3. The fraction of sp³-hybridized carbons (Fsp3) is 0.750. The lowest BCUT2D eigenvalue weighted by Gasteiger charge is -2.19. The van der Waals surface area contributed by atoms with Gasteiger partial charge in [-0.2, -0.15) is 5.10 Å². The molecule has 3 nitrogen and oxygen atoms in total. The van der Waals surface area contributed by atoms with E-state index < -0.39 is 0 Å². The summed E-state index contributed by atoms with van der Waals surface area (Å²) >= 11 is 0. The van der Waals surface area contributed by atoms with Gasteiger partial charge in [-0.15, -0.1) is 0 Å². The number of hydrogen-bond acceptors (Lipinski definition) is 2. The molecule has 0 aromatic carbocycles. The van der Waals surface area contributed by atoms with Crippen LogP contribution in [0.2, 0.25) is 0 Å². The molecule has 0 aliphatic heterocycles. The first-order chi connectivity index (χ1) is 7.13. The molecule has 0 aliphatic carbocycles. The molecule has 15 heavy (non-hydrogen) atoms. The summed E-state index contributed by atoms with van der Waals surface area (Å²) in [6.07, 6.45) is 3.23. The fourth-order valence-electron chi connectivity index (χ4n) is 1.72. The van der Waals surface area contributed by atoms with E-state index in [4.69, 9.17) is 0 Å². The van der Waals surface area contributed by atoms with Crippen molar-refractivity contribution in [2.24, 2.45) is 0 Å². The predicted octanol–water partition coefficient (Wildman–Crippen LogP) is 2.87. The molecule has 0 aliphatic rings. The second-order valence-corrected chi connectivity index (χ2v) is 4.08. The van der Waals surface area contributed by atoms with Crippen molar-refractivity contribution < 1.29 is 0 Å². The van der Waals surface area contributed by atoms with Crippen LogP contribution in [0.5, 0.6) is 0 Å². The molecule has 1 aromatic heterocycles. The normalized spacial score (nSPS) is 11.1. The van der Waals surface area contributed by atoms with Crippen LogP contribution in [0.25, 0.3) is 0 Å². The smallest absolute Gasteiger partial charge is 0.153 e. The van der Waals surface area contributed by atoms with E-state index in [1.165, 1.54) is 5.56 Å². The van der Waals surface area contributed by atoms with Gasteiger partial charge in [-0.1, -0.05) is 6.92 Å². The van der Waals surface area contributed by atoms with Crippen LogP contribution in [-0.4, -0.2) is 22.9 Å². The summed E-state index contributed by atoms with van der Waals surface area (Å²) in [4.78, 5) is 2.32. The van der Waals surface area contributed by atoms with Gasteiger partial charge in [0.1, 0.15) is 0 Å². The summed E-state index contributed by atoms with van der Waals surface area (Å²) in [7, 11) is 0. The Balaban J connectivity index is 3.04.